The Kier molecular flexibility index (Phi) is 4.21. The molecule has 1 fully saturated rings. The molecule has 1 saturated carbocycles. The van der Waals surface area contributed by atoms with E-state index in [4.69, 9.17) is 0 Å². The molecule has 3 nitrogen and oxygen atoms in total. The second-order valence-electron chi connectivity index (χ2n) is 5.34. The van der Waals surface area contributed by atoms with Crippen LogP contribution in [-0.4, -0.2) is 21.0 Å². The molecule has 0 amide bonds. The smallest absolute Gasteiger partial charge is 0.0596 e. The first-order valence-electron chi connectivity index (χ1n) is 6.90. The third-order valence-electron chi connectivity index (χ3n) is 3.79. The van der Waals surface area contributed by atoms with Gasteiger partial charge >= 0.3 is 0 Å². The molecule has 2 rings (SSSR count). The highest BCUT2D eigenvalue weighted by Crippen LogP contribution is 2.26. The summed E-state index contributed by atoms with van der Waals surface area (Å²) < 4.78 is 2.10. The molecule has 2 unspecified atom stereocenters. The summed E-state index contributed by atoms with van der Waals surface area (Å²) in [5, 5.41) is 14.3. The second-order valence-corrected chi connectivity index (χ2v) is 5.34. The number of aliphatic hydroxyl groups excluding tert-OH is 1. The Labute approximate surface area is 104 Å². The molecule has 1 heterocycles. The monoisotopic (exact) mass is 236 g/mol. The van der Waals surface area contributed by atoms with Gasteiger partial charge in [-0.25, -0.2) is 0 Å². The van der Waals surface area contributed by atoms with Crippen molar-refractivity contribution in [2.24, 2.45) is 5.92 Å². The van der Waals surface area contributed by atoms with Gasteiger partial charge < -0.3 is 5.11 Å². The predicted molar refractivity (Wildman–Crippen MR) is 68.9 cm³/mol. The molecule has 0 aromatic carbocycles. The molecule has 1 aliphatic carbocycles. The summed E-state index contributed by atoms with van der Waals surface area (Å²) in [4.78, 5) is 0. The summed E-state index contributed by atoms with van der Waals surface area (Å²) in [5.41, 5.74) is 2.44. The lowest BCUT2D eigenvalue weighted by Gasteiger charge is -2.16. The van der Waals surface area contributed by atoms with Crippen LogP contribution in [0.2, 0.25) is 0 Å². The van der Waals surface area contributed by atoms with E-state index in [-0.39, 0.29) is 6.10 Å². The maximum atomic E-state index is 9.85. The zero-order valence-corrected chi connectivity index (χ0v) is 11.0. The lowest BCUT2D eigenvalue weighted by Crippen LogP contribution is -2.14. The summed E-state index contributed by atoms with van der Waals surface area (Å²) in [7, 11) is 0. The van der Waals surface area contributed by atoms with E-state index in [1.165, 1.54) is 25.0 Å². The summed E-state index contributed by atoms with van der Waals surface area (Å²) in [5.74, 6) is 0.633. The van der Waals surface area contributed by atoms with Crippen LogP contribution in [0.5, 0.6) is 0 Å². The van der Waals surface area contributed by atoms with Gasteiger partial charge in [-0.3, -0.25) is 4.68 Å². The molecule has 1 N–H and O–H groups in total. The average Bonchev–Trinajstić information content (AvgIpc) is 2.50. The van der Waals surface area contributed by atoms with Gasteiger partial charge in [-0.15, -0.1) is 0 Å². The average molecular weight is 236 g/mol. The van der Waals surface area contributed by atoms with Crippen LogP contribution in [0.15, 0.2) is 6.07 Å². The van der Waals surface area contributed by atoms with Gasteiger partial charge in [0, 0.05) is 12.2 Å². The van der Waals surface area contributed by atoms with Crippen molar-refractivity contribution in [2.45, 2.75) is 65.0 Å². The fraction of sp³-hybridized carbons (Fsp3) is 0.786. The van der Waals surface area contributed by atoms with Gasteiger partial charge in [0.25, 0.3) is 0 Å². The fourth-order valence-corrected chi connectivity index (χ4v) is 2.95. The minimum atomic E-state index is -0.0819. The van der Waals surface area contributed by atoms with E-state index >= 15 is 0 Å². The first-order valence-corrected chi connectivity index (χ1v) is 6.90. The Bertz CT molecular complexity index is 359. The SMILES string of the molecule is CCn1nc(C)cc1CC1CCCCC(O)C1. The number of rotatable bonds is 3. The molecular weight excluding hydrogens is 212 g/mol. The van der Waals surface area contributed by atoms with Crippen LogP contribution < -0.4 is 0 Å². The minimum absolute atomic E-state index is 0.0819. The van der Waals surface area contributed by atoms with Gasteiger partial charge in [0.1, 0.15) is 0 Å². The number of aliphatic hydroxyl groups is 1. The molecule has 0 saturated heterocycles. The van der Waals surface area contributed by atoms with Crippen LogP contribution in [0.1, 0.15) is 50.4 Å². The van der Waals surface area contributed by atoms with Gasteiger partial charge in [0.15, 0.2) is 0 Å². The third kappa shape index (κ3) is 3.32. The van der Waals surface area contributed by atoms with Gasteiger partial charge in [-0.05, 0) is 51.5 Å². The van der Waals surface area contributed by atoms with E-state index < -0.39 is 0 Å². The quantitative estimate of drug-likeness (QED) is 0.819. The number of hydrogen-bond acceptors (Lipinski definition) is 2. The molecule has 96 valence electrons. The lowest BCUT2D eigenvalue weighted by atomic mass is 9.94. The van der Waals surface area contributed by atoms with E-state index in [1.54, 1.807) is 0 Å². The van der Waals surface area contributed by atoms with E-state index in [0.717, 1.165) is 31.5 Å². The fourth-order valence-electron chi connectivity index (χ4n) is 2.95. The van der Waals surface area contributed by atoms with Gasteiger partial charge in [-0.2, -0.15) is 5.10 Å². The maximum Gasteiger partial charge on any atom is 0.0596 e. The van der Waals surface area contributed by atoms with Crippen molar-refractivity contribution >= 4 is 0 Å². The Balaban J connectivity index is 2.03. The Hall–Kier alpha value is -0.830. The van der Waals surface area contributed by atoms with Gasteiger partial charge in [-0.1, -0.05) is 12.8 Å². The maximum absolute atomic E-state index is 9.85. The van der Waals surface area contributed by atoms with Crippen molar-refractivity contribution < 1.29 is 5.11 Å². The minimum Gasteiger partial charge on any atom is -0.393 e. The molecule has 3 heteroatoms. The lowest BCUT2D eigenvalue weighted by molar-refractivity contribution is 0.141. The van der Waals surface area contributed by atoms with E-state index in [0.29, 0.717) is 5.92 Å². The molecule has 1 aliphatic rings. The summed E-state index contributed by atoms with van der Waals surface area (Å²) >= 11 is 0. The van der Waals surface area contributed by atoms with E-state index in [9.17, 15) is 5.11 Å². The molecule has 2 atom stereocenters. The van der Waals surface area contributed by atoms with Crippen molar-refractivity contribution in [3.63, 3.8) is 0 Å². The Morgan fingerprint density at radius 3 is 2.94 bits per heavy atom. The highest BCUT2D eigenvalue weighted by atomic mass is 16.3. The molecule has 0 bridgehead atoms. The molecule has 17 heavy (non-hydrogen) atoms. The van der Waals surface area contributed by atoms with Crippen molar-refractivity contribution in [2.75, 3.05) is 0 Å². The molecule has 0 aliphatic heterocycles. The standard InChI is InChI=1S/C14H24N2O/c1-3-16-13(8-11(2)15-16)9-12-6-4-5-7-14(17)10-12/h8,12,14,17H,3-7,9-10H2,1-2H3. The summed E-state index contributed by atoms with van der Waals surface area (Å²) in [6, 6.07) is 2.20. The molecule has 1 aromatic rings. The van der Waals surface area contributed by atoms with Crippen LogP contribution in [-0.2, 0) is 13.0 Å². The van der Waals surface area contributed by atoms with Crippen molar-refractivity contribution in [1.29, 1.82) is 0 Å². The Morgan fingerprint density at radius 1 is 1.41 bits per heavy atom. The van der Waals surface area contributed by atoms with Crippen LogP contribution >= 0.6 is 0 Å². The highest BCUT2D eigenvalue weighted by Gasteiger charge is 2.20. The normalized spacial score (nSPS) is 25.8. The van der Waals surface area contributed by atoms with Crippen LogP contribution in [0.3, 0.4) is 0 Å². The Morgan fingerprint density at radius 2 is 2.18 bits per heavy atom. The summed E-state index contributed by atoms with van der Waals surface area (Å²) in [6.45, 7) is 5.13. The number of nitrogens with zero attached hydrogens (tertiary/aromatic N) is 2. The van der Waals surface area contributed by atoms with E-state index in [1.807, 2.05) is 0 Å². The molecule has 0 spiro atoms. The number of aromatic nitrogens is 2. The van der Waals surface area contributed by atoms with Crippen molar-refractivity contribution in [3.8, 4) is 0 Å². The van der Waals surface area contributed by atoms with E-state index in [2.05, 4.69) is 29.7 Å². The number of aryl methyl sites for hydroxylation is 2. The van der Waals surface area contributed by atoms with Gasteiger partial charge in [0.05, 0.1) is 11.8 Å². The zero-order chi connectivity index (χ0) is 12.3. The molecule has 0 radical (unpaired) electrons. The number of hydrogen-bond donors (Lipinski definition) is 1. The molecule has 1 aromatic heterocycles. The van der Waals surface area contributed by atoms with Crippen molar-refractivity contribution in [3.05, 3.63) is 17.5 Å². The highest BCUT2D eigenvalue weighted by molar-refractivity contribution is 5.09. The molecular formula is C14H24N2O. The van der Waals surface area contributed by atoms with Gasteiger partial charge in [0.2, 0.25) is 0 Å². The second kappa shape index (κ2) is 5.67. The first kappa shape index (κ1) is 12.6. The zero-order valence-electron chi connectivity index (χ0n) is 11.0. The van der Waals surface area contributed by atoms with Crippen LogP contribution in [0.25, 0.3) is 0 Å². The van der Waals surface area contributed by atoms with Crippen molar-refractivity contribution in [1.82, 2.24) is 9.78 Å². The first-order chi connectivity index (χ1) is 8.19. The topological polar surface area (TPSA) is 38.0 Å². The van der Waals surface area contributed by atoms with Crippen LogP contribution in [0.4, 0.5) is 0 Å². The summed E-state index contributed by atoms with van der Waals surface area (Å²) in [6.07, 6.45) is 6.65. The third-order valence-corrected chi connectivity index (χ3v) is 3.79. The van der Waals surface area contributed by atoms with Crippen LogP contribution in [0, 0.1) is 12.8 Å². The predicted octanol–water partition coefficient (Wildman–Crippen LogP) is 2.70. The largest absolute Gasteiger partial charge is 0.393 e.